The van der Waals surface area contributed by atoms with Crippen molar-refractivity contribution in [2.45, 2.75) is 154 Å². The molecule has 0 atom stereocenters. The number of ketones is 2. The first-order valence-corrected chi connectivity index (χ1v) is 25.3. The van der Waals surface area contributed by atoms with Crippen molar-refractivity contribution in [3.8, 4) is 23.3 Å². The van der Waals surface area contributed by atoms with Gasteiger partial charge in [0.15, 0.2) is 11.6 Å². The number of carbonyl (C=O) groups excluding carboxylic acids is 3. The van der Waals surface area contributed by atoms with Gasteiger partial charge in [0.25, 0.3) is 0 Å². The molecule has 0 bridgehead atoms. The van der Waals surface area contributed by atoms with Crippen LogP contribution in [0.25, 0.3) is 32.8 Å². The Labute approximate surface area is 422 Å². The summed E-state index contributed by atoms with van der Waals surface area (Å²) in [5.74, 6) is 6.51. The third-order valence-electron chi connectivity index (χ3n) is 10.9. The minimum atomic E-state index is -0.333. The number of fused-ring (bicyclic) bond motifs is 2. The third kappa shape index (κ3) is 20.7. The van der Waals surface area contributed by atoms with Crippen molar-refractivity contribution < 1.29 is 23.9 Å². The van der Waals surface area contributed by atoms with E-state index in [0.717, 1.165) is 79.3 Å². The number of Topliss-reactive ketones (excluding diaryl/α,β-unsaturated/α-hetero) is 2. The van der Waals surface area contributed by atoms with E-state index in [0.29, 0.717) is 36.4 Å². The second-order valence-electron chi connectivity index (χ2n) is 16.4. The molecule has 0 radical (unpaired) electrons. The minimum Gasteiger partial charge on any atom is -0.493 e. The number of rotatable bonds is 16. The van der Waals surface area contributed by atoms with Crippen LogP contribution in [-0.4, -0.2) is 37.7 Å². The zero-order valence-electron chi connectivity index (χ0n) is 45.4. The van der Waals surface area contributed by atoms with Crippen LogP contribution >= 0.6 is 0 Å². The van der Waals surface area contributed by atoms with Gasteiger partial charge in [0, 0.05) is 40.0 Å². The number of allylic oxidation sites excluding steroid dienone is 9. The molecular formula is C61H88N4O5. The number of nitrogens with two attached hydrogens (primary N) is 4. The fourth-order valence-corrected chi connectivity index (χ4v) is 7.58. The van der Waals surface area contributed by atoms with Crippen molar-refractivity contribution in [3.63, 3.8) is 0 Å². The van der Waals surface area contributed by atoms with E-state index < -0.39 is 0 Å². The van der Waals surface area contributed by atoms with E-state index in [1.165, 1.54) is 66.3 Å². The van der Waals surface area contributed by atoms with Crippen LogP contribution < -0.4 is 32.4 Å². The average Bonchev–Trinajstić information content (AvgIpc) is 3.74. The van der Waals surface area contributed by atoms with Crippen LogP contribution in [0.2, 0.25) is 0 Å². The molecule has 5 rings (SSSR count). The zero-order valence-corrected chi connectivity index (χ0v) is 45.4. The lowest BCUT2D eigenvalue weighted by Crippen LogP contribution is -2.10. The molecule has 9 nitrogen and oxygen atoms in total. The van der Waals surface area contributed by atoms with Gasteiger partial charge in [-0.2, -0.15) is 0 Å². The number of carbonyl (C=O) groups is 3. The largest absolute Gasteiger partial charge is 0.493 e. The van der Waals surface area contributed by atoms with Crippen molar-refractivity contribution in [1.82, 2.24) is 0 Å². The van der Waals surface area contributed by atoms with Crippen molar-refractivity contribution >= 4 is 56.0 Å². The van der Waals surface area contributed by atoms with Gasteiger partial charge in [0.2, 0.25) is 5.91 Å². The number of benzene rings is 4. The summed E-state index contributed by atoms with van der Waals surface area (Å²) < 4.78 is 12.1. The molecule has 4 aromatic carbocycles. The quantitative estimate of drug-likeness (QED) is 0.0214. The highest BCUT2D eigenvalue weighted by Crippen LogP contribution is 2.40. The van der Waals surface area contributed by atoms with Crippen LogP contribution in [-0.2, 0) is 14.4 Å². The van der Waals surface area contributed by atoms with Crippen LogP contribution in [0.1, 0.15) is 164 Å². The fourth-order valence-electron chi connectivity index (χ4n) is 7.58. The molecule has 1 aliphatic rings. The van der Waals surface area contributed by atoms with Crippen LogP contribution in [0.4, 0.5) is 5.69 Å². The molecule has 1 fully saturated rings. The monoisotopic (exact) mass is 957 g/mol. The van der Waals surface area contributed by atoms with Crippen LogP contribution in [0.5, 0.6) is 11.5 Å². The Kier molecular flexibility index (Phi) is 33.3. The van der Waals surface area contributed by atoms with E-state index in [-0.39, 0.29) is 29.7 Å². The minimum absolute atomic E-state index is 0.203. The Hall–Kier alpha value is -6.37. The topological polar surface area (TPSA) is 174 Å². The van der Waals surface area contributed by atoms with Crippen molar-refractivity contribution in [3.05, 3.63) is 124 Å². The van der Waals surface area contributed by atoms with Crippen molar-refractivity contribution in [2.75, 3.05) is 26.0 Å². The van der Waals surface area contributed by atoms with E-state index in [4.69, 9.17) is 20.9 Å². The highest BCUT2D eigenvalue weighted by atomic mass is 16.5. The molecule has 70 heavy (non-hydrogen) atoms. The number of ether oxygens (including phenoxy) is 2. The maximum atomic E-state index is 13.0. The molecule has 0 saturated heterocycles. The van der Waals surface area contributed by atoms with Gasteiger partial charge < -0.3 is 32.4 Å². The molecule has 4 aromatic rings. The summed E-state index contributed by atoms with van der Waals surface area (Å²) in [6.07, 6.45) is 19.4. The first kappa shape index (κ1) is 63.6. The molecule has 1 saturated carbocycles. The Morgan fingerprint density at radius 1 is 0.643 bits per heavy atom. The zero-order chi connectivity index (χ0) is 53.2. The Bertz CT molecular complexity index is 2460. The van der Waals surface area contributed by atoms with E-state index in [2.05, 4.69) is 77.0 Å². The van der Waals surface area contributed by atoms with Gasteiger partial charge in [-0.3, -0.25) is 14.4 Å². The molecule has 9 heteroatoms. The van der Waals surface area contributed by atoms with Gasteiger partial charge in [-0.05, 0) is 124 Å². The summed E-state index contributed by atoms with van der Waals surface area (Å²) in [4.78, 5) is 35.2. The second kappa shape index (κ2) is 36.6. The van der Waals surface area contributed by atoms with Crippen LogP contribution in [0.15, 0.2) is 107 Å². The SMILES string of the molecule is CC.CC#CCOc1ccc(N)c2c(/C(C)=C\C=C3/CC/C(=C/C=C(/N)c4cccc5c(OCCCC)ccc(C)c45)C3=C(C(C)=O)C(C)=O)cccc12.CC(N)=O.CCCCC.CCCCC.CN. The van der Waals surface area contributed by atoms with Gasteiger partial charge in [-0.1, -0.05) is 160 Å². The van der Waals surface area contributed by atoms with Crippen molar-refractivity contribution in [2.24, 2.45) is 17.2 Å². The Morgan fingerprint density at radius 2 is 1.11 bits per heavy atom. The van der Waals surface area contributed by atoms with E-state index in [9.17, 15) is 14.4 Å². The highest BCUT2D eigenvalue weighted by Gasteiger charge is 2.27. The third-order valence-corrected chi connectivity index (χ3v) is 10.9. The van der Waals surface area contributed by atoms with Crippen molar-refractivity contribution in [1.29, 1.82) is 0 Å². The number of anilines is 1. The molecule has 382 valence electrons. The molecule has 0 aliphatic heterocycles. The number of unbranched alkanes of at least 4 members (excludes halogenated alkanes) is 5. The first-order chi connectivity index (χ1) is 33.6. The normalized spacial score (nSPS) is 12.8. The predicted molar refractivity (Wildman–Crippen MR) is 303 cm³/mol. The van der Waals surface area contributed by atoms with Crippen LogP contribution in [0.3, 0.4) is 0 Å². The highest BCUT2D eigenvalue weighted by molar-refractivity contribution is 6.20. The fraction of sp³-hybridized carbons (Fsp3) is 0.426. The predicted octanol–water partition coefficient (Wildman–Crippen LogP) is 14.5. The second-order valence-corrected chi connectivity index (χ2v) is 16.4. The standard InChI is InChI=1S/C46H48N2O4.2C5H12.C2H5NO.C2H6.CH5N/c1-7-9-27-51-41-25-18-30(4)43-36(14-12-15-37(41)43)39(47)23-22-34-21-20-33(45(34)44(31(5)49)32(6)50)19-17-29(3)35-13-11-16-38-42(52-28-10-8-2)26-24-40(48)46(35)38;2*1-3-5-4-2;1-2(3)4;2*1-2/h11-19,22-26H,7,9,20-21,27-28,47-48H2,1-6H3;2*3-5H2,1-2H3;1H3,(H2,3,4);1-2H3;2H2,1H3/b29-17-,33-19+,34-22-,39-23+;;;;;. The number of primary amides is 1. The Balaban J connectivity index is 0.00000228. The smallest absolute Gasteiger partial charge is 0.214 e. The van der Waals surface area contributed by atoms with E-state index >= 15 is 0 Å². The average molecular weight is 957 g/mol. The summed E-state index contributed by atoms with van der Waals surface area (Å²) in [5, 5.41) is 3.87. The van der Waals surface area contributed by atoms with Gasteiger partial charge >= 0.3 is 0 Å². The number of amides is 1. The molecule has 1 amide bonds. The van der Waals surface area contributed by atoms with E-state index in [1.807, 2.05) is 93.6 Å². The summed E-state index contributed by atoms with van der Waals surface area (Å²) in [7, 11) is 1.50. The number of aryl methyl sites for hydroxylation is 1. The van der Waals surface area contributed by atoms with Gasteiger partial charge in [-0.25, -0.2) is 0 Å². The molecular weight excluding hydrogens is 869 g/mol. The number of hydrogen-bond donors (Lipinski definition) is 4. The van der Waals surface area contributed by atoms with E-state index in [1.54, 1.807) is 6.92 Å². The Morgan fingerprint density at radius 3 is 1.60 bits per heavy atom. The summed E-state index contributed by atoms with van der Waals surface area (Å²) >= 11 is 0. The molecule has 1 aliphatic carbocycles. The molecule has 0 spiro atoms. The number of hydrogen-bond acceptors (Lipinski definition) is 8. The lowest BCUT2D eigenvalue weighted by atomic mass is 9.92. The maximum Gasteiger partial charge on any atom is 0.214 e. The summed E-state index contributed by atoms with van der Waals surface area (Å²) in [5.41, 5.74) is 30.2. The molecule has 8 N–H and O–H groups in total. The molecule has 0 unspecified atom stereocenters. The first-order valence-electron chi connectivity index (χ1n) is 25.3. The number of nitrogen functional groups attached to an aromatic ring is 1. The lowest BCUT2D eigenvalue weighted by Gasteiger charge is -2.14. The molecule has 0 aromatic heterocycles. The van der Waals surface area contributed by atoms with Gasteiger partial charge in [0.1, 0.15) is 18.1 Å². The van der Waals surface area contributed by atoms with Gasteiger partial charge in [-0.15, -0.1) is 5.92 Å². The lowest BCUT2D eigenvalue weighted by molar-refractivity contribution is -0.119. The molecule has 0 heterocycles. The van der Waals surface area contributed by atoms with Crippen LogP contribution in [0, 0.1) is 18.8 Å². The summed E-state index contributed by atoms with van der Waals surface area (Å²) in [6, 6.07) is 19.9. The maximum absolute atomic E-state index is 13.0. The van der Waals surface area contributed by atoms with Gasteiger partial charge in [0.05, 0.1) is 12.2 Å². The summed E-state index contributed by atoms with van der Waals surface area (Å²) in [6.45, 7) is 26.0.